The molecule has 0 bridgehead atoms. The van der Waals surface area contributed by atoms with Crippen LogP contribution in [0, 0.1) is 10.1 Å². The highest BCUT2D eigenvalue weighted by molar-refractivity contribution is 7.98. The van der Waals surface area contributed by atoms with Gasteiger partial charge in [0.2, 0.25) is 0 Å². The number of hydrogen-bond donors (Lipinski definition) is 3. The zero-order chi connectivity index (χ0) is 23.2. The molecule has 9 nitrogen and oxygen atoms in total. The molecule has 32 heavy (non-hydrogen) atoms. The molecule has 2 rings (SSSR count). The van der Waals surface area contributed by atoms with Gasteiger partial charge in [0, 0.05) is 24.6 Å². The Hall–Kier alpha value is -2.08. The summed E-state index contributed by atoms with van der Waals surface area (Å²) in [6.07, 6.45) is 0.978. The van der Waals surface area contributed by atoms with E-state index in [0.29, 0.717) is 25.5 Å². The molecule has 0 aliphatic rings. The van der Waals surface area contributed by atoms with E-state index in [4.69, 9.17) is 8.83 Å². The maximum atomic E-state index is 10.9. The van der Waals surface area contributed by atoms with Gasteiger partial charge in [-0.3, -0.25) is 10.1 Å². The van der Waals surface area contributed by atoms with Gasteiger partial charge >= 0.3 is 0 Å². The Morgan fingerprint density at radius 3 is 2.06 bits per heavy atom. The van der Waals surface area contributed by atoms with Crippen LogP contribution in [0.4, 0.5) is 0 Å². The lowest BCUT2D eigenvalue weighted by molar-refractivity contribution is -0.404. The molecule has 0 spiro atoms. The third-order valence-electron chi connectivity index (χ3n) is 4.10. The maximum absolute atomic E-state index is 10.9. The first-order chi connectivity index (χ1) is 15.5. The molecule has 0 radical (unpaired) electrons. The molecule has 3 N–H and O–H groups in total. The van der Waals surface area contributed by atoms with Gasteiger partial charge in [-0.25, -0.2) is 0 Å². The van der Waals surface area contributed by atoms with Crippen molar-refractivity contribution < 1.29 is 13.8 Å². The Balaban J connectivity index is 1.61. The molecule has 2 aromatic heterocycles. The van der Waals surface area contributed by atoms with Crippen molar-refractivity contribution in [2.24, 2.45) is 0 Å². The van der Waals surface area contributed by atoms with Gasteiger partial charge in [0.05, 0.1) is 29.5 Å². The highest BCUT2D eigenvalue weighted by Gasteiger charge is 2.06. The Bertz CT molecular complexity index is 838. The van der Waals surface area contributed by atoms with Crippen molar-refractivity contribution in [2.75, 3.05) is 45.7 Å². The van der Waals surface area contributed by atoms with Crippen LogP contribution in [0.2, 0.25) is 0 Å². The van der Waals surface area contributed by atoms with E-state index >= 15 is 0 Å². The number of nitro groups is 1. The Kier molecular flexibility index (Phi) is 12.2. The predicted molar refractivity (Wildman–Crippen MR) is 131 cm³/mol. The highest BCUT2D eigenvalue weighted by atomic mass is 32.2. The van der Waals surface area contributed by atoms with Gasteiger partial charge in [-0.2, -0.15) is 23.5 Å². The highest BCUT2D eigenvalue weighted by Crippen LogP contribution is 2.16. The minimum absolute atomic E-state index is 0.428. The topological polar surface area (TPSA) is 109 Å². The molecule has 0 fully saturated rings. The second-order valence-corrected chi connectivity index (χ2v) is 9.50. The first kappa shape index (κ1) is 26.2. The maximum Gasteiger partial charge on any atom is 0.274 e. The zero-order valence-electron chi connectivity index (χ0n) is 18.9. The predicted octanol–water partition coefficient (Wildman–Crippen LogP) is 3.08. The van der Waals surface area contributed by atoms with Crippen molar-refractivity contribution in [1.82, 2.24) is 20.9 Å². The van der Waals surface area contributed by atoms with Crippen molar-refractivity contribution in [3.63, 3.8) is 0 Å². The number of rotatable bonds is 17. The van der Waals surface area contributed by atoms with Crippen LogP contribution in [-0.2, 0) is 24.6 Å². The second-order valence-electron chi connectivity index (χ2n) is 7.29. The molecule has 0 aliphatic heterocycles. The molecule has 0 unspecified atom stereocenters. The summed E-state index contributed by atoms with van der Waals surface area (Å²) in [7, 11) is 5.89. The average molecular weight is 484 g/mol. The number of thioether (sulfide) groups is 2. The normalized spacial score (nSPS) is 11.8. The van der Waals surface area contributed by atoms with Crippen LogP contribution >= 0.6 is 23.5 Å². The lowest BCUT2D eigenvalue weighted by Gasteiger charge is -2.11. The number of furan rings is 2. The largest absolute Gasteiger partial charge is 0.464 e. The lowest BCUT2D eigenvalue weighted by Crippen LogP contribution is -2.30. The van der Waals surface area contributed by atoms with E-state index in [1.807, 2.05) is 45.4 Å². The summed E-state index contributed by atoms with van der Waals surface area (Å²) in [4.78, 5) is 12.5. The quantitative estimate of drug-likeness (QED) is 0.176. The monoisotopic (exact) mass is 483 g/mol. The van der Waals surface area contributed by atoms with Gasteiger partial charge in [0.1, 0.15) is 23.0 Å². The van der Waals surface area contributed by atoms with Crippen LogP contribution in [0.25, 0.3) is 0 Å². The fourth-order valence-electron chi connectivity index (χ4n) is 2.79. The van der Waals surface area contributed by atoms with Crippen molar-refractivity contribution in [3.8, 4) is 0 Å². The van der Waals surface area contributed by atoms with E-state index in [2.05, 4.69) is 20.9 Å². The standard InChI is InChI=1S/C21H33N5O4S2/c1-22-12-17-4-6-19(29-17)15-31-10-8-23-21(14-26(27)28)24-9-11-32-16-20-7-5-18(30-20)13-25(2)3/h4-7,14,22-24H,8-13,15-16H2,1-3H3/b21-14+. The van der Waals surface area contributed by atoms with E-state index in [-0.39, 0.29) is 0 Å². The molecule has 0 amide bonds. The summed E-state index contributed by atoms with van der Waals surface area (Å²) in [5.41, 5.74) is 0. The smallest absolute Gasteiger partial charge is 0.274 e. The van der Waals surface area contributed by atoms with Crippen LogP contribution in [-0.4, -0.2) is 55.6 Å². The minimum Gasteiger partial charge on any atom is -0.464 e. The van der Waals surface area contributed by atoms with E-state index in [1.165, 1.54) is 0 Å². The van der Waals surface area contributed by atoms with Gasteiger partial charge in [-0.05, 0) is 45.4 Å². The first-order valence-corrected chi connectivity index (χ1v) is 12.7. The van der Waals surface area contributed by atoms with Gasteiger partial charge < -0.3 is 29.7 Å². The summed E-state index contributed by atoms with van der Waals surface area (Å²) >= 11 is 3.44. The van der Waals surface area contributed by atoms with Crippen molar-refractivity contribution in [1.29, 1.82) is 0 Å². The van der Waals surface area contributed by atoms with Crippen LogP contribution in [0.3, 0.4) is 0 Å². The first-order valence-electron chi connectivity index (χ1n) is 10.4. The van der Waals surface area contributed by atoms with Gasteiger partial charge in [-0.15, -0.1) is 0 Å². The molecular formula is C21H33N5O4S2. The number of hydrogen-bond acceptors (Lipinski definition) is 10. The minimum atomic E-state index is -0.448. The summed E-state index contributed by atoms with van der Waals surface area (Å²) in [6.45, 7) is 2.74. The van der Waals surface area contributed by atoms with E-state index in [1.54, 1.807) is 23.5 Å². The third kappa shape index (κ3) is 11.0. The fourth-order valence-corrected chi connectivity index (χ4v) is 4.28. The SMILES string of the molecule is CNCc1ccc(CSCCN/C(=C\[N+](=O)[O-])NCCSCc2ccc(CN(C)C)o2)o1. The molecule has 11 heteroatoms. The Morgan fingerprint density at radius 1 is 1.00 bits per heavy atom. The molecule has 0 aromatic carbocycles. The van der Waals surface area contributed by atoms with Gasteiger partial charge in [0.15, 0.2) is 5.82 Å². The van der Waals surface area contributed by atoms with E-state index in [9.17, 15) is 10.1 Å². The summed E-state index contributed by atoms with van der Waals surface area (Å²) in [5, 5.41) is 20.2. The van der Waals surface area contributed by atoms with Gasteiger partial charge in [0.25, 0.3) is 6.20 Å². The zero-order valence-corrected chi connectivity index (χ0v) is 20.5. The van der Waals surface area contributed by atoms with E-state index < -0.39 is 4.92 Å². The fraction of sp³-hybridized carbons (Fsp3) is 0.524. The van der Waals surface area contributed by atoms with Crippen LogP contribution < -0.4 is 16.0 Å². The third-order valence-corrected chi connectivity index (χ3v) is 6.07. The molecule has 178 valence electrons. The molecule has 2 aromatic rings. The van der Waals surface area contributed by atoms with Crippen molar-refractivity contribution >= 4 is 23.5 Å². The van der Waals surface area contributed by atoms with Crippen molar-refractivity contribution in [3.05, 3.63) is 69.4 Å². The Morgan fingerprint density at radius 2 is 1.53 bits per heavy atom. The van der Waals surface area contributed by atoms with Crippen LogP contribution in [0.15, 0.2) is 45.1 Å². The molecule has 0 atom stereocenters. The summed E-state index contributed by atoms with van der Waals surface area (Å²) in [5.74, 6) is 7.33. The van der Waals surface area contributed by atoms with Crippen LogP contribution in [0.5, 0.6) is 0 Å². The van der Waals surface area contributed by atoms with Crippen LogP contribution in [0.1, 0.15) is 23.0 Å². The summed E-state index contributed by atoms with van der Waals surface area (Å²) < 4.78 is 11.5. The Labute approximate surface area is 197 Å². The molecule has 0 saturated carbocycles. The summed E-state index contributed by atoms with van der Waals surface area (Å²) in [6, 6.07) is 7.96. The number of nitrogens with one attached hydrogen (secondary N) is 3. The lowest BCUT2D eigenvalue weighted by atomic mass is 10.4. The molecule has 2 heterocycles. The number of nitrogens with zero attached hydrogens (tertiary/aromatic N) is 2. The second kappa shape index (κ2) is 14.9. The van der Waals surface area contributed by atoms with Crippen molar-refractivity contribution in [2.45, 2.75) is 24.6 Å². The van der Waals surface area contributed by atoms with E-state index in [0.717, 1.165) is 58.8 Å². The van der Waals surface area contributed by atoms with Gasteiger partial charge in [-0.1, -0.05) is 0 Å². The molecule has 0 saturated heterocycles. The molecular weight excluding hydrogens is 450 g/mol. The molecule has 0 aliphatic carbocycles. The average Bonchev–Trinajstić information content (AvgIpc) is 3.36.